The van der Waals surface area contributed by atoms with Gasteiger partial charge < -0.3 is 10.1 Å². The second kappa shape index (κ2) is 8.91. The highest BCUT2D eigenvalue weighted by molar-refractivity contribution is 5.75. The minimum atomic E-state index is -0.313. The number of hydrogen-bond donors (Lipinski definition) is 1. The fourth-order valence-electron chi connectivity index (χ4n) is 2.71. The summed E-state index contributed by atoms with van der Waals surface area (Å²) in [5.74, 6) is -0.271. The van der Waals surface area contributed by atoms with E-state index in [4.69, 9.17) is 4.74 Å². The largest absolute Gasteiger partial charge is 0.380 e. The van der Waals surface area contributed by atoms with Gasteiger partial charge in [-0.25, -0.2) is 4.68 Å². The summed E-state index contributed by atoms with van der Waals surface area (Å²) in [4.78, 5) is 24.3. The third-order valence-corrected chi connectivity index (χ3v) is 4.02. The maximum absolute atomic E-state index is 12.3. The molecule has 0 aliphatic heterocycles. The van der Waals surface area contributed by atoms with E-state index in [1.54, 1.807) is 13.2 Å². The molecular formula is C21H21N3O3. The van der Waals surface area contributed by atoms with E-state index in [1.807, 2.05) is 54.6 Å². The summed E-state index contributed by atoms with van der Waals surface area (Å²) in [6.07, 6.45) is 0. The van der Waals surface area contributed by atoms with Crippen molar-refractivity contribution in [2.75, 3.05) is 7.11 Å². The van der Waals surface area contributed by atoms with Crippen LogP contribution in [-0.4, -0.2) is 22.8 Å². The molecule has 1 N–H and O–H groups in total. The summed E-state index contributed by atoms with van der Waals surface area (Å²) in [6.45, 7) is 0.772. The van der Waals surface area contributed by atoms with Crippen LogP contribution in [0.4, 0.5) is 0 Å². The fraction of sp³-hybridized carbons (Fsp3) is 0.190. The molecule has 0 saturated heterocycles. The van der Waals surface area contributed by atoms with E-state index in [2.05, 4.69) is 10.4 Å². The number of benzene rings is 2. The molecule has 0 aliphatic carbocycles. The fourth-order valence-corrected chi connectivity index (χ4v) is 2.71. The Bertz CT molecular complexity index is 968. The Hall–Kier alpha value is -3.25. The lowest BCUT2D eigenvalue weighted by Crippen LogP contribution is -2.33. The molecule has 0 spiro atoms. The van der Waals surface area contributed by atoms with Crippen LogP contribution in [0, 0.1) is 0 Å². The van der Waals surface area contributed by atoms with Crippen LogP contribution in [-0.2, 0) is 29.2 Å². The van der Waals surface area contributed by atoms with E-state index in [1.165, 1.54) is 10.7 Å². The van der Waals surface area contributed by atoms with Crippen molar-refractivity contribution in [1.29, 1.82) is 0 Å². The molecule has 0 unspecified atom stereocenters. The summed E-state index contributed by atoms with van der Waals surface area (Å²) in [6, 6.07) is 20.4. The molecule has 0 atom stereocenters. The van der Waals surface area contributed by atoms with E-state index in [9.17, 15) is 9.59 Å². The Kier molecular flexibility index (Phi) is 6.12. The first-order valence-corrected chi connectivity index (χ1v) is 8.63. The van der Waals surface area contributed by atoms with Gasteiger partial charge in [-0.2, -0.15) is 5.10 Å². The van der Waals surface area contributed by atoms with Crippen LogP contribution in [0.25, 0.3) is 11.3 Å². The quantitative estimate of drug-likeness (QED) is 0.699. The van der Waals surface area contributed by atoms with Crippen LogP contribution in [0.3, 0.4) is 0 Å². The van der Waals surface area contributed by atoms with Crippen LogP contribution >= 0.6 is 0 Å². The Morgan fingerprint density at radius 1 is 1.04 bits per heavy atom. The highest BCUT2D eigenvalue weighted by atomic mass is 16.5. The van der Waals surface area contributed by atoms with E-state index in [-0.39, 0.29) is 18.0 Å². The second-order valence-corrected chi connectivity index (χ2v) is 6.11. The number of methoxy groups -OCH3 is 1. The topological polar surface area (TPSA) is 73.2 Å². The maximum Gasteiger partial charge on any atom is 0.267 e. The maximum atomic E-state index is 12.3. The first-order chi connectivity index (χ1) is 13.2. The third kappa shape index (κ3) is 5.12. The van der Waals surface area contributed by atoms with Gasteiger partial charge in [0, 0.05) is 25.3 Å². The predicted molar refractivity (Wildman–Crippen MR) is 103 cm³/mol. The van der Waals surface area contributed by atoms with Crippen molar-refractivity contribution in [2.24, 2.45) is 0 Å². The van der Waals surface area contributed by atoms with Gasteiger partial charge in [0.2, 0.25) is 5.91 Å². The number of carbonyl (C=O) groups excluding carboxylic acids is 1. The molecule has 27 heavy (non-hydrogen) atoms. The zero-order chi connectivity index (χ0) is 19.1. The zero-order valence-electron chi connectivity index (χ0n) is 15.1. The summed E-state index contributed by atoms with van der Waals surface area (Å²) >= 11 is 0. The number of rotatable bonds is 7. The molecule has 6 heteroatoms. The van der Waals surface area contributed by atoms with E-state index >= 15 is 0 Å². The monoisotopic (exact) mass is 363 g/mol. The van der Waals surface area contributed by atoms with Gasteiger partial charge in [-0.1, -0.05) is 54.6 Å². The van der Waals surface area contributed by atoms with Crippen molar-refractivity contribution < 1.29 is 9.53 Å². The summed E-state index contributed by atoms with van der Waals surface area (Å²) in [7, 11) is 1.64. The lowest BCUT2D eigenvalue weighted by molar-refractivity contribution is -0.122. The Morgan fingerprint density at radius 2 is 1.81 bits per heavy atom. The highest BCUT2D eigenvalue weighted by Gasteiger charge is 2.08. The van der Waals surface area contributed by atoms with Crippen molar-refractivity contribution in [3.05, 3.63) is 88.2 Å². The van der Waals surface area contributed by atoms with E-state index in [0.29, 0.717) is 18.8 Å². The van der Waals surface area contributed by atoms with E-state index < -0.39 is 0 Å². The third-order valence-electron chi connectivity index (χ3n) is 4.02. The smallest absolute Gasteiger partial charge is 0.267 e. The summed E-state index contributed by atoms with van der Waals surface area (Å²) in [5, 5.41) is 7.13. The number of nitrogens with zero attached hydrogens (tertiary/aromatic N) is 2. The Balaban J connectivity index is 1.66. The van der Waals surface area contributed by atoms with Gasteiger partial charge >= 0.3 is 0 Å². The van der Waals surface area contributed by atoms with Crippen LogP contribution in [0.15, 0.2) is 71.5 Å². The van der Waals surface area contributed by atoms with Crippen LogP contribution in [0.1, 0.15) is 11.1 Å². The van der Waals surface area contributed by atoms with Gasteiger partial charge in [0.05, 0.1) is 12.3 Å². The first-order valence-electron chi connectivity index (χ1n) is 8.63. The highest BCUT2D eigenvalue weighted by Crippen LogP contribution is 2.13. The molecule has 3 rings (SSSR count). The Morgan fingerprint density at radius 3 is 2.59 bits per heavy atom. The van der Waals surface area contributed by atoms with Gasteiger partial charge in [-0.15, -0.1) is 0 Å². The van der Waals surface area contributed by atoms with Gasteiger partial charge in [0.1, 0.15) is 6.54 Å². The van der Waals surface area contributed by atoms with Crippen LogP contribution < -0.4 is 10.9 Å². The zero-order valence-corrected chi connectivity index (χ0v) is 15.1. The van der Waals surface area contributed by atoms with Crippen molar-refractivity contribution in [3.8, 4) is 11.3 Å². The van der Waals surface area contributed by atoms with E-state index in [0.717, 1.165) is 16.7 Å². The molecule has 0 bridgehead atoms. The Labute approximate surface area is 157 Å². The number of nitrogens with one attached hydrogen (secondary N) is 1. The molecule has 0 saturated carbocycles. The molecule has 6 nitrogen and oxygen atoms in total. The molecule has 0 fully saturated rings. The lowest BCUT2D eigenvalue weighted by Gasteiger charge is -2.09. The average molecular weight is 363 g/mol. The minimum Gasteiger partial charge on any atom is -0.380 e. The van der Waals surface area contributed by atoms with Crippen molar-refractivity contribution in [2.45, 2.75) is 19.7 Å². The standard InChI is InChI=1S/C21H21N3O3/c1-27-15-17-7-5-6-16(12-17)13-22-20(25)14-24-21(26)11-10-19(23-24)18-8-3-2-4-9-18/h2-12H,13-15H2,1H3,(H,22,25). The van der Waals surface area contributed by atoms with Gasteiger partial charge in [0.15, 0.2) is 0 Å². The second-order valence-electron chi connectivity index (χ2n) is 6.11. The number of amides is 1. The molecule has 1 heterocycles. The SMILES string of the molecule is COCc1cccc(CNC(=O)Cn2nc(-c3ccccc3)ccc2=O)c1. The normalized spacial score (nSPS) is 10.6. The molecule has 0 radical (unpaired) electrons. The van der Waals surface area contributed by atoms with Crippen molar-refractivity contribution in [1.82, 2.24) is 15.1 Å². The molecule has 2 aromatic carbocycles. The first kappa shape index (κ1) is 18.5. The van der Waals surface area contributed by atoms with Gasteiger partial charge in [-0.05, 0) is 17.2 Å². The molecule has 1 aromatic heterocycles. The number of carbonyl (C=O) groups is 1. The molecule has 0 aliphatic rings. The van der Waals surface area contributed by atoms with Gasteiger partial charge in [-0.3, -0.25) is 9.59 Å². The molecule has 1 amide bonds. The van der Waals surface area contributed by atoms with Crippen LogP contribution in [0.5, 0.6) is 0 Å². The van der Waals surface area contributed by atoms with Crippen LogP contribution in [0.2, 0.25) is 0 Å². The lowest BCUT2D eigenvalue weighted by atomic mass is 10.1. The van der Waals surface area contributed by atoms with Gasteiger partial charge in [0.25, 0.3) is 5.56 Å². The minimum absolute atomic E-state index is 0.128. The molecule has 138 valence electrons. The summed E-state index contributed by atoms with van der Waals surface area (Å²) in [5.41, 5.74) is 3.23. The number of hydrogen-bond acceptors (Lipinski definition) is 4. The number of ether oxygens (including phenoxy) is 1. The van der Waals surface area contributed by atoms with Crippen molar-refractivity contribution >= 4 is 5.91 Å². The average Bonchev–Trinajstić information content (AvgIpc) is 2.69. The predicted octanol–water partition coefficient (Wildman–Crippen LogP) is 2.37. The number of aromatic nitrogens is 2. The van der Waals surface area contributed by atoms with Crippen molar-refractivity contribution in [3.63, 3.8) is 0 Å². The molecule has 3 aromatic rings. The molecular weight excluding hydrogens is 342 g/mol. The summed E-state index contributed by atoms with van der Waals surface area (Å²) < 4.78 is 6.29.